The molecule has 0 saturated heterocycles. The SMILES string of the molecule is CC1(C)CC2C3=CCC45C[C@@]46CC[C@H](O)[C@](C)(COC(=O)/C=C/c4ccccc4)C6CC[C@@]5(C)[C@]3(C)C[C@@H](O)[C@@]2(COC(=O)/C=C/c2ccccc2)[C@@H](O)[C@@H]1OCCCc1ccccc1. The molecule has 9 rings (SSSR count). The van der Waals surface area contributed by atoms with Crippen LogP contribution in [0.3, 0.4) is 0 Å². The normalized spacial score (nSPS) is 38.9. The van der Waals surface area contributed by atoms with Crippen molar-refractivity contribution in [2.45, 2.75) is 123 Å². The van der Waals surface area contributed by atoms with E-state index in [0.717, 1.165) is 56.1 Å². The fourth-order valence-corrected chi connectivity index (χ4v) is 15.1. The Kier molecular flexibility index (Phi) is 12.0. The van der Waals surface area contributed by atoms with Crippen LogP contribution in [0, 0.1) is 49.7 Å². The average molecular weight is 883 g/mol. The Morgan fingerprint density at radius 1 is 0.723 bits per heavy atom. The lowest BCUT2D eigenvalue weighted by Crippen LogP contribution is -2.71. The molecule has 3 N–H and O–H groups in total. The molecule has 3 aromatic rings. The van der Waals surface area contributed by atoms with Gasteiger partial charge in [0, 0.05) is 24.2 Å². The molecule has 0 bridgehead atoms. The van der Waals surface area contributed by atoms with Gasteiger partial charge in [-0.3, -0.25) is 0 Å². The van der Waals surface area contributed by atoms with E-state index in [9.17, 15) is 24.9 Å². The van der Waals surface area contributed by atoms with Gasteiger partial charge in [0.1, 0.15) is 6.61 Å². The van der Waals surface area contributed by atoms with Gasteiger partial charge in [-0.25, -0.2) is 9.59 Å². The van der Waals surface area contributed by atoms with Gasteiger partial charge in [0.25, 0.3) is 0 Å². The molecule has 8 heteroatoms. The molecule has 0 aliphatic heterocycles. The summed E-state index contributed by atoms with van der Waals surface area (Å²) in [7, 11) is 0. The van der Waals surface area contributed by atoms with Gasteiger partial charge in [0.05, 0.1) is 36.4 Å². The average Bonchev–Trinajstić information content (AvgIpc) is 3.97. The molecule has 0 radical (unpaired) electrons. The fourth-order valence-electron chi connectivity index (χ4n) is 15.1. The zero-order valence-electron chi connectivity index (χ0n) is 39.1. The van der Waals surface area contributed by atoms with E-state index in [-0.39, 0.29) is 41.3 Å². The highest BCUT2D eigenvalue weighted by molar-refractivity contribution is 5.87. The summed E-state index contributed by atoms with van der Waals surface area (Å²) in [4.78, 5) is 26.7. The first-order valence-electron chi connectivity index (χ1n) is 24.3. The zero-order valence-corrected chi connectivity index (χ0v) is 39.1. The maximum absolute atomic E-state index is 13.5. The second-order valence-corrected chi connectivity index (χ2v) is 22.2. The van der Waals surface area contributed by atoms with Crippen LogP contribution in [0.2, 0.25) is 0 Å². The summed E-state index contributed by atoms with van der Waals surface area (Å²) in [6, 6.07) is 29.7. The van der Waals surface area contributed by atoms with Crippen LogP contribution >= 0.6 is 0 Å². The smallest absolute Gasteiger partial charge is 0.330 e. The zero-order chi connectivity index (χ0) is 45.9. The van der Waals surface area contributed by atoms with E-state index in [0.29, 0.717) is 25.9 Å². The summed E-state index contributed by atoms with van der Waals surface area (Å²) in [6.07, 6.45) is 13.6. The molecular formula is C57H70O8. The summed E-state index contributed by atoms with van der Waals surface area (Å²) in [6.45, 7) is 11.8. The van der Waals surface area contributed by atoms with Crippen LogP contribution in [-0.4, -0.2) is 71.5 Å². The minimum Gasteiger partial charge on any atom is -0.462 e. The first-order valence-corrected chi connectivity index (χ1v) is 24.3. The van der Waals surface area contributed by atoms with Gasteiger partial charge in [0.15, 0.2) is 0 Å². The molecule has 3 aromatic carbocycles. The maximum Gasteiger partial charge on any atom is 0.330 e. The number of esters is 2. The van der Waals surface area contributed by atoms with Crippen molar-refractivity contribution in [1.29, 1.82) is 0 Å². The number of hydrogen-bond acceptors (Lipinski definition) is 8. The lowest BCUT2D eigenvalue weighted by Gasteiger charge is -2.70. The number of carbonyl (C=O) groups is 2. The largest absolute Gasteiger partial charge is 0.462 e. The molecule has 0 heterocycles. The van der Waals surface area contributed by atoms with Crippen LogP contribution in [0.5, 0.6) is 0 Å². The minimum absolute atomic E-state index is 0.0323. The quantitative estimate of drug-likeness (QED) is 0.0672. The molecule has 346 valence electrons. The van der Waals surface area contributed by atoms with Crippen molar-refractivity contribution in [2.75, 3.05) is 19.8 Å². The molecule has 5 fully saturated rings. The van der Waals surface area contributed by atoms with Crippen molar-refractivity contribution >= 4 is 24.1 Å². The van der Waals surface area contributed by atoms with E-state index in [2.05, 4.69) is 52.8 Å². The van der Waals surface area contributed by atoms with Gasteiger partial charge < -0.3 is 29.5 Å². The van der Waals surface area contributed by atoms with Crippen LogP contribution in [0.1, 0.15) is 109 Å². The molecule has 0 aromatic heterocycles. The molecule has 6 aliphatic carbocycles. The first kappa shape index (κ1) is 45.8. The number of ether oxygens (including phenoxy) is 3. The number of aliphatic hydroxyl groups is 3. The van der Waals surface area contributed by atoms with E-state index in [1.54, 1.807) is 12.2 Å². The summed E-state index contributed by atoms with van der Waals surface area (Å²) < 4.78 is 18.9. The number of aliphatic hydroxyl groups excluding tert-OH is 3. The van der Waals surface area contributed by atoms with E-state index >= 15 is 0 Å². The van der Waals surface area contributed by atoms with Crippen LogP contribution in [0.15, 0.2) is 115 Å². The summed E-state index contributed by atoms with van der Waals surface area (Å²) in [5.41, 5.74) is 1.38. The predicted octanol–water partition coefficient (Wildman–Crippen LogP) is 9.97. The topological polar surface area (TPSA) is 123 Å². The Morgan fingerprint density at radius 3 is 1.95 bits per heavy atom. The molecule has 6 aliphatic rings. The second kappa shape index (κ2) is 17.1. The molecule has 3 unspecified atom stereocenters. The Morgan fingerprint density at radius 2 is 1.32 bits per heavy atom. The highest BCUT2D eigenvalue weighted by atomic mass is 16.5. The van der Waals surface area contributed by atoms with Crippen molar-refractivity contribution < 1.29 is 39.1 Å². The van der Waals surface area contributed by atoms with Crippen molar-refractivity contribution in [3.05, 3.63) is 131 Å². The first-order chi connectivity index (χ1) is 31.1. The van der Waals surface area contributed by atoms with Gasteiger partial charge in [-0.1, -0.05) is 137 Å². The van der Waals surface area contributed by atoms with E-state index in [4.69, 9.17) is 14.2 Å². The third kappa shape index (κ3) is 7.41. The van der Waals surface area contributed by atoms with Crippen LogP contribution in [0.25, 0.3) is 12.2 Å². The van der Waals surface area contributed by atoms with Gasteiger partial charge in [-0.2, -0.15) is 0 Å². The highest BCUT2D eigenvalue weighted by Gasteiger charge is 2.85. The number of aryl methyl sites for hydroxylation is 1. The number of rotatable bonds is 13. The van der Waals surface area contributed by atoms with Gasteiger partial charge in [-0.05, 0) is 132 Å². The second-order valence-electron chi connectivity index (χ2n) is 22.2. The van der Waals surface area contributed by atoms with Crippen molar-refractivity contribution in [1.82, 2.24) is 0 Å². The van der Waals surface area contributed by atoms with Crippen molar-refractivity contribution in [3.8, 4) is 0 Å². The van der Waals surface area contributed by atoms with Crippen LogP contribution < -0.4 is 0 Å². The molecule has 2 spiro atoms. The van der Waals surface area contributed by atoms with Crippen molar-refractivity contribution in [3.63, 3.8) is 0 Å². The lowest BCUT2D eigenvalue weighted by molar-refractivity contribution is -0.261. The van der Waals surface area contributed by atoms with Gasteiger partial charge >= 0.3 is 11.9 Å². The Hall–Kier alpha value is -4.34. The predicted molar refractivity (Wildman–Crippen MR) is 253 cm³/mol. The molecule has 5 saturated carbocycles. The molecular weight excluding hydrogens is 813 g/mol. The minimum atomic E-state index is -1.19. The maximum atomic E-state index is 13.5. The van der Waals surface area contributed by atoms with E-state index in [1.807, 2.05) is 78.9 Å². The Labute approximate surface area is 386 Å². The Balaban J connectivity index is 1.00. The summed E-state index contributed by atoms with van der Waals surface area (Å²) >= 11 is 0. The lowest BCUT2D eigenvalue weighted by atomic mass is 9.35. The number of hydrogen-bond donors (Lipinski definition) is 3. The van der Waals surface area contributed by atoms with Crippen LogP contribution in [0.4, 0.5) is 0 Å². The third-order valence-electron chi connectivity index (χ3n) is 18.8. The van der Waals surface area contributed by atoms with E-state index < -0.39 is 58.0 Å². The monoisotopic (exact) mass is 883 g/mol. The number of benzene rings is 3. The Bertz CT molecular complexity index is 2310. The highest BCUT2D eigenvalue weighted by Crippen LogP contribution is 2.90. The number of fused-ring (bicyclic) bond motifs is 4. The molecule has 0 amide bonds. The van der Waals surface area contributed by atoms with Gasteiger partial charge in [-0.15, -0.1) is 0 Å². The molecule has 8 nitrogen and oxygen atoms in total. The van der Waals surface area contributed by atoms with Gasteiger partial charge in [0.2, 0.25) is 0 Å². The van der Waals surface area contributed by atoms with Crippen LogP contribution in [-0.2, 0) is 30.2 Å². The summed E-state index contributed by atoms with van der Waals surface area (Å²) in [5.74, 6) is -1.01. The van der Waals surface area contributed by atoms with Crippen molar-refractivity contribution in [2.24, 2.45) is 49.7 Å². The molecule has 65 heavy (non-hydrogen) atoms. The third-order valence-corrected chi connectivity index (χ3v) is 18.8. The molecule has 12 atom stereocenters. The number of carbonyl (C=O) groups excluding carboxylic acids is 2. The number of allylic oxidation sites excluding steroid dienone is 2. The van der Waals surface area contributed by atoms with E-state index in [1.165, 1.54) is 23.3 Å². The standard InChI is InChI=1S/C57H70O8/c1-51(2)34-43-42-27-32-56-36-55(56)31-29-45(58)52(3,37-64-47(60)25-23-40-18-11-7-12-19-40)44(55)28-30-54(56,5)53(42,4)35-46(59)57(43,38-65-48(61)26-24-41-20-13-8-14-21-41)49(62)50(51)63-33-15-22-39-16-9-6-10-17-39/h6-14,16-21,23-27,43-46,49-50,58-59,62H,15,22,28-38H2,1-5H3/b25-23+,26-24+/t43?,44?,45-,46+,49-,50-,52+,53+,54-,55+,56?,57-/m0/s1. The summed E-state index contributed by atoms with van der Waals surface area (Å²) in [5, 5.41) is 37.7. The fraction of sp³-hybridized carbons (Fsp3) is 0.544.